The van der Waals surface area contributed by atoms with Gasteiger partial charge < -0.3 is 10.6 Å². The van der Waals surface area contributed by atoms with Crippen molar-refractivity contribution in [1.29, 1.82) is 0 Å². The predicted molar refractivity (Wildman–Crippen MR) is 56.0 cm³/mol. The minimum absolute atomic E-state index is 0.516. The number of nitrogens with two attached hydrogens (primary N) is 1. The highest BCUT2D eigenvalue weighted by Crippen LogP contribution is 2.30. The van der Waals surface area contributed by atoms with Gasteiger partial charge >= 0.3 is 0 Å². The van der Waals surface area contributed by atoms with Crippen LogP contribution in [0.3, 0.4) is 0 Å². The van der Waals surface area contributed by atoms with Crippen molar-refractivity contribution in [2.45, 2.75) is 19.4 Å². The monoisotopic (exact) mass is 176 g/mol. The lowest BCUT2D eigenvalue weighted by Crippen LogP contribution is -2.37. The van der Waals surface area contributed by atoms with E-state index in [4.69, 9.17) is 5.73 Å². The largest absolute Gasteiger partial charge is 0.367 e. The lowest BCUT2D eigenvalue weighted by atomic mass is 10.1. The number of rotatable bonds is 2. The van der Waals surface area contributed by atoms with E-state index in [0.717, 1.165) is 19.5 Å². The molecule has 1 aromatic rings. The molecule has 2 N–H and O–H groups in total. The number of nitrogens with zero attached hydrogens (tertiary/aromatic N) is 1. The smallest absolute Gasteiger partial charge is 0.0453 e. The number of hydrogen-bond acceptors (Lipinski definition) is 2. The van der Waals surface area contributed by atoms with Crippen LogP contribution < -0.4 is 10.6 Å². The Balaban J connectivity index is 2.34. The van der Waals surface area contributed by atoms with Gasteiger partial charge in [0.25, 0.3) is 0 Å². The summed E-state index contributed by atoms with van der Waals surface area (Å²) in [5.74, 6) is 0. The second-order valence-electron chi connectivity index (χ2n) is 3.51. The first-order valence-electron chi connectivity index (χ1n) is 4.91. The second-order valence-corrected chi connectivity index (χ2v) is 3.51. The first kappa shape index (κ1) is 8.57. The zero-order valence-electron chi connectivity index (χ0n) is 8.03. The molecule has 70 valence electrons. The minimum Gasteiger partial charge on any atom is -0.367 e. The van der Waals surface area contributed by atoms with Gasteiger partial charge in [-0.1, -0.05) is 18.2 Å². The molecule has 1 atom stereocenters. The van der Waals surface area contributed by atoms with Crippen molar-refractivity contribution in [3.05, 3.63) is 29.8 Å². The molecule has 0 saturated heterocycles. The van der Waals surface area contributed by atoms with Crippen LogP contribution in [-0.2, 0) is 6.42 Å². The van der Waals surface area contributed by atoms with Crippen LogP contribution in [0.15, 0.2) is 24.3 Å². The zero-order chi connectivity index (χ0) is 9.26. The van der Waals surface area contributed by atoms with Crippen molar-refractivity contribution in [1.82, 2.24) is 0 Å². The van der Waals surface area contributed by atoms with E-state index in [1.54, 1.807) is 0 Å². The van der Waals surface area contributed by atoms with Crippen LogP contribution in [-0.4, -0.2) is 19.1 Å². The number of hydrogen-bond donors (Lipinski definition) is 1. The molecule has 0 radical (unpaired) electrons. The fourth-order valence-electron chi connectivity index (χ4n) is 2.16. The number of anilines is 1. The highest BCUT2D eigenvalue weighted by atomic mass is 15.2. The summed E-state index contributed by atoms with van der Waals surface area (Å²) in [6.07, 6.45) is 1.11. The van der Waals surface area contributed by atoms with Crippen molar-refractivity contribution >= 4 is 5.69 Å². The summed E-state index contributed by atoms with van der Waals surface area (Å²) < 4.78 is 0. The van der Waals surface area contributed by atoms with Gasteiger partial charge in [-0.15, -0.1) is 0 Å². The molecule has 2 rings (SSSR count). The van der Waals surface area contributed by atoms with Crippen LogP contribution >= 0.6 is 0 Å². The van der Waals surface area contributed by atoms with Crippen LogP contribution in [0.1, 0.15) is 12.5 Å². The third-order valence-corrected chi connectivity index (χ3v) is 2.81. The first-order chi connectivity index (χ1) is 6.36. The lowest BCUT2D eigenvalue weighted by molar-refractivity contribution is 0.643. The molecule has 0 spiro atoms. The number of fused-ring (bicyclic) bond motifs is 1. The highest BCUT2D eigenvalue weighted by molar-refractivity contribution is 5.59. The Bertz CT molecular complexity index is 296. The molecule has 1 aromatic carbocycles. The van der Waals surface area contributed by atoms with E-state index in [-0.39, 0.29) is 0 Å². The number of para-hydroxylation sites is 1. The average Bonchev–Trinajstić information content (AvgIpc) is 2.55. The molecule has 13 heavy (non-hydrogen) atoms. The molecule has 2 heteroatoms. The molecule has 0 saturated carbocycles. The summed E-state index contributed by atoms with van der Waals surface area (Å²) in [6, 6.07) is 9.11. The first-order valence-corrected chi connectivity index (χ1v) is 4.91. The van der Waals surface area contributed by atoms with Gasteiger partial charge in [-0.05, 0) is 25.0 Å². The van der Waals surface area contributed by atoms with Gasteiger partial charge in [0.15, 0.2) is 0 Å². The molecule has 2 nitrogen and oxygen atoms in total. The van der Waals surface area contributed by atoms with E-state index < -0.39 is 0 Å². The van der Waals surface area contributed by atoms with E-state index in [1.807, 2.05) is 0 Å². The summed E-state index contributed by atoms with van der Waals surface area (Å²) in [7, 11) is 0. The van der Waals surface area contributed by atoms with Gasteiger partial charge in [0.1, 0.15) is 0 Å². The molecule has 0 fully saturated rings. The van der Waals surface area contributed by atoms with Gasteiger partial charge in [0.2, 0.25) is 0 Å². The van der Waals surface area contributed by atoms with Crippen molar-refractivity contribution < 1.29 is 0 Å². The van der Waals surface area contributed by atoms with Crippen LogP contribution in [0.4, 0.5) is 5.69 Å². The van der Waals surface area contributed by atoms with Crippen molar-refractivity contribution in [3.8, 4) is 0 Å². The van der Waals surface area contributed by atoms with E-state index in [2.05, 4.69) is 36.1 Å². The molecule has 0 aromatic heterocycles. The maximum Gasteiger partial charge on any atom is 0.0453 e. The SMILES string of the molecule is CCN1c2ccccc2CC1CN. The van der Waals surface area contributed by atoms with E-state index >= 15 is 0 Å². The van der Waals surface area contributed by atoms with Gasteiger partial charge in [-0.25, -0.2) is 0 Å². The molecule has 1 unspecified atom stereocenters. The molecule has 0 bridgehead atoms. The Labute approximate surface area is 79.4 Å². The number of likely N-dealkylation sites (N-methyl/N-ethyl adjacent to an activating group) is 1. The Morgan fingerprint density at radius 3 is 2.92 bits per heavy atom. The molecular weight excluding hydrogens is 160 g/mol. The van der Waals surface area contributed by atoms with E-state index in [0.29, 0.717) is 6.04 Å². The van der Waals surface area contributed by atoms with Gasteiger partial charge in [-0.3, -0.25) is 0 Å². The van der Waals surface area contributed by atoms with Crippen LogP contribution in [0.5, 0.6) is 0 Å². The normalized spacial score (nSPS) is 20.5. The predicted octanol–water partition coefficient (Wildman–Crippen LogP) is 1.40. The Morgan fingerprint density at radius 2 is 2.23 bits per heavy atom. The molecule has 1 heterocycles. The van der Waals surface area contributed by atoms with E-state index in [1.165, 1.54) is 11.3 Å². The molecule has 0 amide bonds. The molecule has 1 aliphatic rings. The summed E-state index contributed by atoms with van der Waals surface area (Å²) in [5, 5.41) is 0. The Kier molecular flexibility index (Phi) is 2.23. The third-order valence-electron chi connectivity index (χ3n) is 2.81. The molecular formula is C11H16N2. The molecule has 1 aliphatic heterocycles. The summed E-state index contributed by atoms with van der Waals surface area (Å²) >= 11 is 0. The third kappa shape index (κ3) is 1.31. The van der Waals surface area contributed by atoms with E-state index in [9.17, 15) is 0 Å². The summed E-state index contributed by atoms with van der Waals surface area (Å²) in [5.41, 5.74) is 8.56. The van der Waals surface area contributed by atoms with Gasteiger partial charge in [0.05, 0.1) is 0 Å². The minimum atomic E-state index is 0.516. The standard InChI is InChI=1S/C11H16N2/c1-2-13-10(8-12)7-9-5-3-4-6-11(9)13/h3-6,10H,2,7-8,12H2,1H3. The Hall–Kier alpha value is -1.02. The van der Waals surface area contributed by atoms with Crippen LogP contribution in [0.25, 0.3) is 0 Å². The zero-order valence-corrected chi connectivity index (χ0v) is 8.03. The lowest BCUT2D eigenvalue weighted by Gasteiger charge is -2.24. The maximum atomic E-state index is 5.74. The van der Waals surface area contributed by atoms with Gasteiger partial charge in [0, 0.05) is 24.8 Å². The number of benzene rings is 1. The summed E-state index contributed by atoms with van der Waals surface area (Å²) in [4.78, 5) is 2.40. The maximum absolute atomic E-state index is 5.74. The van der Waals surface area contributed by atoms with Crippen molar-refractivity contribution in [3.63, 3.8) is 0 Å². The quantitative estimate of drug-likeness (QED) is 0.738. The average molecular weight is 176 g/mol. The fraction of sp³-hybridized carbons (Fsp3) is 0.455. The second kappa shape index (κ2) is 3.38. The Morgan fingerprint density at radius 1 is 1.46 bits per heavy atom. The van der Waals surface area contributed by atoms with Crippen LogP contribution in [0, 0.1) is 0 Å². The highest BCUT2D eigenvalue weighted by Gasteiger charge is 2.25. The fourth-order valence-corrected chi connectivity index (χ4v) is 2.16. The molecule has 0 aliphatic carbocycles. The van der Waals surface area contributed by atoms with Gasteiger partial charge in [-0.2, -0.15) is 0 Å². The van der Waals surface area contributed by atoms with Crippen molar-refractivity contribution in [2.24, 2.45) is 5.73 Å². The van der Waals surface area contributed by atoms with Crippen molar-refractivity contribution in [2.75, 3.05) is 18.0 Å². The summed E-state index contributed by atoms with van der Waals surface area (Å²) in [6.45, 7) is 3.99. The topological polar surface area (TPSA) is 29.3 Å². The van der Waals surface area contributed by atoms with Crippen LogP contribution in [0.2, 0.25) is 0 Å².